The predicted molar refractivity (Wildman–Crippen MR) is 99.8 cm³/mol. The third kappa shape index (κ3) is 3.18. The minimum Gasteiger partial charge on any atom is -0.452 e. The first-order valence-corrected chi connectivity index (χ1v) is 8.72. The number of hydrogen-bond acceptors (Lipinski definition) is 3. The molecule has 0 radical (unpaired) electrons. The summed E-state index contributed by atoms with van der Waals surface area (Å²) in [6.07, 6.45) is 0.833. The van der Waals surface area contributed by atoms with Crippen LogP contribution in [0.2, 0.25) is 0 Å². The lowest BCUT2D eigenvalue weighted by Crippen LogP contribution is -2.38. The Morgan fingerprint density at radius 3 is 2.50 bits per heavy atom. The standard InChI is InChI=1S/C22H19NO3/c24-21(23-13-12-16-6-1-2-8-18(16)14-23)15-26-22(25)20-11-5-9-17-7-3-4-10-19(17)20/h1-11H,12-15H2. The quantitative estimate of drug-likeness (QED) is 0.682. The molecule has 3 aromatic carbocycles. The molecule has 0 aromatic heterocycles. The van der Waals surface area contributed by atoms with E-state index in [1.54, 1.807) is 11.0 Å². The van der Waals surface area contributed by atoms with Crippen molar-refractivity contribution in [1.82, 2.24) is 4.90 Å². The van der Waals surface area contributed by atoms with Gasteiger partial charge in [-0.3, -0.25) is 4.79 Å². The summed E-state index contributed by atoms with van der Waals surface area (Å²) in [5, 5.41) is 1.81. The number of benzene rings is 3. The van der Waals surface area contributed by atoms with Crippen LogP contribution < -0.4 is 0 Å². The predicted octanol–water partition coefficient (Wildman–Crippen LogP) is 3.58. The molecule has 1 heterocycles. The van der Waals surface area contributed by atoms with E-state index in [1.165, 1.54) is 5.56 Å². The van der Waals surface area contributed by atoms with Crippen molar-refractivity contribution in [2.75, 3.05) is 13.2 Å². The fourth-order valence-corrected chi connectivity index (χ4v) is 3.41. The number of hydrogen-bond donors (Lipinski definition) is 0. The zero-order valence-corrected chi connectivity index (χ0v) is 14.4. The van der Waals surface area contributed by atoms with Gasteiger partial charge in [0.2, 0.25) is 0 Å². The molecule has 4 heteroatoms. The van der Waals surface area contributed by atoms with E-state index in [4.69, 9.17) is 4.74 Å². The lowest BCUT2D eigenvalue weighted by Gasteiger charge is -2.28. The van der Waals surface area contributed by atoms with Crippen LogP contribution in [-0.2, 0) is 22.5 Å². The maximum Gasteiger partial charge on any atom is 0.339 e. The van der Waals surface area contributed by atoms with Gasteiger partial charge in [0.05, 0.1) is 5.56 Å². The SMILES string of the molecule is O=C(OCC(=O)N1CCc2ccccc2C1)c1cccc2ccccc12. The monoisotopic (exact) mass is 345 g/mol. The average Bonchev–Trinajstić information content (AvgIpc) is 2.71. The van der Waals surface area contributed by atoms with Gasteiger partial charge in [0, 0.05) is 13.1 Å². The minimum absolute atomic E-state index is 0.159. The molecule has 4 rings (SSSR count). The fraction of sp³-hybridized carbons (Fsp3) is 0.182. The van der Waals surface area contributed by atoms with Gasteiger partial charge < -0.3 is 9.64 Å². The summed E-state index contributed by atoms with van der Waals surface area (Å²) < 4.78 is 5.31. The van der Waals surface area contributed by atoms with E-state index < -0.39 is 5.97 Å². The van der Waals surface area contributed by atoms with Gasteiger partial charge in [0.15, 0.2) is 6.61 Å². The van der Waals surface area contributed by atoms with Crippen LogP contribution in [0.3, 0.4) is 0 Å². The summed E-state index contributed by atoms with van der Waals surface area (Å²) in [7, 11) is 0. The van der Waals surface area contributed by atoms with Gasteiger partial charge in [-0.15, -0.1) is 0 Å². The van der Waals surface area contributed by atoms with E-state index in [2.05, 4.69) is 6.07 Å². The van der Waals surface area contributed by atoms with Crippen molar-refractivity contribution >= 4 is 22.6 Å². The third-order valence-corrected chi connectivity index (χ3v) is 4.82. The molecule has 0 aliphatic carbocycles. The molecule has 1 aliphatic rings. The Balaban J connectivity index is 1.42. The minimum atomic E-state index is -0.465. The Bertz CT molecular complexity index is 975. The van der Waals surface area contributed by atoms with Crippen molar-refractivity contribution in [3.05, 3.63) is 83.4 Å². The van der Waals surface area contributed by atoms with E-state index in [0.29, 0.717) is 18.7 Å². The first-order chi connectivity index (χ1) is 12.7. The molecule has 0 fully saturated rings. The summed E-state index contributed by atoms with van der Waals surface area (Å²) in [6.45, 7) is 0.993. The molecular weight excluding hydrogens is 326 g/mol. The summed E-state index contributed by atoms with van der Waals surface area (Å²) in [6, 6.07) is 21.3. The van der Waals surface area contributed by atoms with E-state index in [-0.39, 0.29) is 12.5 Å². The highest BCUT2D eigenvalue weighted by Gasteiger charge is 2.22. The molecule has 1 aliphatic heterocycles. The first kappa shape index (κ1) is 16.3. The number of nitrogens with zero attached hydrogens (tertiary/aromatic N) is 1. The number of amides is 1. The molecule has 0 spiro atoms. The zero-order chi connectivity index (χ0) is 17.9. The highest BCUT2D eigenvalue weighted by molar-refractivity contribution is 6.04. The molecule has 1 amide bonds. The molecule has 0 atom stereocenters. The Morgan fingerprint density at radius 1 is 0.885 bits per heavy atom. The van der Waals surface area contributed by atoms with Crippen LogP contribution in [0.4, 0.5) is 0 Å². The normalized spacial score (nSPS) is 13.3. The van der Waals surface area contributed by atoms with Gasteiger partial charge in [-0.1, -0.05) is 60.7 Å². The number of esters is 1. The van der Waals surface area contributed by atoms with Gasteiger partial charge in [-0.25, -0.2) is 4.79 Å². The summed E-state index contributed by atoms with van der Waals surface area (Å²) in [4.78, 5) is 26.7. The molecule has 4 nitrogen and oxygen atoms in total. The molecule has 0 N–H and O–H groups in total. The Hall–Kier alpha value is -3.14. The smallest absolute Gasteiger partial charge is 0.339 e. The van der Waals surface area contributed by atoms with Crippen LogP contribution in [-0.4, -0.2) is 29.9 Å². The largest absolute Gasteiger partial charge is 0.452 e. The van der Waals surface area contributed by atoms with Crippen molar-refractivity contribution in [3.8, 4) is 0 Å². The van der Waals surface area contributed by atoms with Crippen LogP contribution in [0.15, 0.2) is 66.7 Å². The third-order valence-electron chi connectivity index (χ3n) is 4.82. The molecule has 0 saturated carbocycles. The molecule has 3 aromatic rings. The lowest BCUT2D eigenvalue weighted by atomic mass is 10.00. The molecule has 0 saturated heterocycles. The highest BCUT2D eigenvalue weighted by atomic mass is 16.5. The Labute approximate surface area is 152 Å². The maximum atomic E-state index is 12.5. The van der Waals surface area contributed by atoms with Crippen LogP contribution in [0.5, 0.6) is 0 Å². The van der Waals surface area contributed by atoms with E-state index in [1.807, 2.05) is 54.6 Å². The van der Waals surface area contributed by atoms with Crippen LogP contribution in [0.1, 0.15) is 21.5 Å². The highest BCUT2D eigenvalue weighted by Crippen LogP contribution is 2.20. The fourth-order valence-electron chi connectivity index (χ4n) is 3.41. The topological polar surface area (TPSA) is 46.6 Å². The second-order valence-corrected chi connectivity index (χ2v) is 6.44. The Kier molecular flexibility index (Phi) is 4.40. The molecule has 0 bridgehead atoms. The zero-order valence-electron chi connectivity index (χ0n) is 14.4. The van der Waals surface area contributed by atoms with E-state index in [9.17, 15) is 9.59 Å². The van der Waals surface area contributed by atoms with Crippen LogP contribution >= 0.6 is 0 Å². The van der Waals surface area contributed by atoms with Gasteiger partial charge in [-0.2, -0.15) is 0 Å². The van der Waals surface area contributed by atoms with Crippen LogP contribution in [0.25, 0.3) is 10.8 Å². The van der Waals surface area contributed by atoms with Gasteiger partial charge in [0.1, 0.15) is 0 Å². The van der Waals surface area contributed by atoms with E-state index >= 15 is 0 Å². The molecule has 26 heavy (non-hydrogen) atoms. The molecular formula is C22H19NO3. The lowest BCUT2D eigenvalue weighted by molar-refractivity contribution is -0.135. The summed E-state index contributed by atoms with van der Waals surface area (Å²) in [5.41, 5.74) is 2.93. The van der Waals surface area contributed by atoms with Crippen molar-refractivity contribution in [2.45, 2.75) is 13.0 Å². The van der Waals surface area contributed by atoms with Crippen molar-refractivity contribution in [1.29, 1.82) is 0 Å². The summed E-state index contributed by atoms with van der Waals surface area (Å²) in [5.74, 6) is -0.624. The van der Waals surface area contributed by atoms with Gasteiger partial charge in [0.25, 0.3) is 5.91 Å². The molecule has 0 unspecified atom stereocenters. The number of carbonyl (C=O) groups is 2. The van der Waals surface area contributed by atoms with Crippen molar-refractivity contribution in [2.24, 2.45) is 0 Å². The number of ether oxygens (including phenoxy) is 1. The van der Waals surface area contributed by atoms with Crippen LogP contribution in [0, 0.1) is 0 Å². The first-order valence-electron chi connectivity index (χ1n) is 8.72. The molecule has 130 valence electrons. The van der Waals surface area contributed by atoms with E-state index in [0.717, 1.165) is 22.8 Å². The number of carbonyl (C=O) groups excluding carboxylic acids is 2. The Morgan fingerprint density at radius 2 is 1.62 bits per heavy atom. The number of rotatable bonds is 3. The van der Waals surface area contributed by atoms with Crippen molar-refractivity contribution in [3.63, 3.8) is 0 Å². The maximum absolute atomic E-state index is 12.5. The summed E-state index contributed by atoms with van der Waals surface area (Å²) >= 11 is 0. The van der Waals surface area contributed by atoms with Crippen molar-refractivity contribution < 1.29 is 14.3 Å². The average molecular weight is 345 g/mol. The van der Waals surface area contributed by atoms with Gasteiger partial charge in [-0.05, 0) is 34.4 Å². The number of fused-ring (bicyclic) bond motifs is 2. The second-order valence-electron chi connectivity index (χ2n) is 6.44. The second kappa shape index (κ2) is 7.00. The van der Waals surface area contributed by atoms with Gasteiger partial charge >= 0.3 is 5.97 Å².